The van der Waals surface area contributed by atoms with Gasteiger partial charge in [-0.15, -0.1) is 11.8 Å². The fourth-order valence-corrected chi connectivity index (χ4v) is 6.09. The third kappa shape index (κ3) is 4.50. The molecule has 0 aliphatic carbocycles. The van der Waals surface area contributed by atoms with Crippen molar-refractivity contribution in [3.63, 3.8) is 0 Å². The molecule has 0 amide bonds. The van der Waals surface area contributed by atoms with Crippen LogP contribution in [0.3, 0.4) is 0 Å². The molecule has 0 saturated carbocycles. The van der Waals surface area contributed by atoms with Gasteiger partial charge < -0.3 is 4.74 Å². The summed E-state index contributed by atoms with van der Waals surface area (Å²) < 4.78 is 5.64. The molecule has 1 aliphatic rings. The maximum atomic E-state index is 6.77. The molecule has 2 aromatic carbocycles. The quantitative estimate of drug-likeness (QED) is 0.392. The van der Waals surface area contributed by atoms with E-state index in [-0.39, 0.29) is 12.1 Å². The van der Waals surface area contributed by atoms with Crippen LogP contribution in [0.25, 0.3) is 0 Å². The monoisotopic (exact) mass is 495 g/mol. The van der Waals surface area contributed by atoms with Crippen LogP contribution < -0.4 is 0 Å². The first-order valence-electron chi connectivity index (χ1n) is 9.99. The summed E-state index contributed by atoms with van der Waals surface area (Å²) in [6.45, 7) is 3.39. The van der Waals surface area contributed by atoms with E-state index in [4.69, 9.17) is 39.5 Å². The molecule has 0 fully saturated rings. The molecule has 1 unspecified atom stereocenters. The van der Waals surface area contributed by atoms with E-state index in [0.29, 0.717) is 21.7 Å². The summed E-state index contributed by atoms with van der Waals surface area (Å²) in [5, 5.41) is 10.2. The van der Waals surface area contributed by atoms with Gasteiger partial charge in [0.1, 0.15) is 5.03 Å². The van der Waals surface area contributed by atoms with Gasteiger partial charge in [0, 0.05) is 51.6 Å². The second-order valence-corrected chi connectivity index (χ2v) is 9.76. The molecule has 0 spiro atoms. The summed E-state index contributed by atoms with van der Waals surface area (Å²) in [7, 11) is 1.74. The Morgan fingerprint density at radius 1 is 1.16 bits per heavy atom. The maximum Gasteiger partial charge on any atom is 0.123 e. The zero-order chi connectivity index (χ0) is 22.1. The number of aromatic nitrogens is 2. The SMILES string of the molecule is COC[C@H]1Cc2ccccc2CN1C(c1c(Cl)cc(Cl)cc1Cl)c1c(SC)n[nH]c1C. The van der Waals surface area contributed by atoms with Gasteiger partial charge in [0.25, 0.3) is 0 Å². The lowest BCUT2D eigenvalue weighted by Gasteiger charge is -2.42. The number of nitrogens with one attached hydrogen (secondary N) is 1. The lowest BCUT2D eigenvalue weighted by atomic mass is 9.89. The van der Waals surface area contributed by atoms with E-state index in [9.17, 15) is 0 Å². The fraction of sp³-hybridized carbons (Fsp3) is 0.348. The van der Waals surface area contributed by atoms with Crippen molar-refractivity contribution in [3.8, 4) is 0 Å². The summed E-state index contributed by atoms with van der Waals surface area (Å²) in [5.41, 5.74) is 5.56. The lowest BCUT2D eigenvalue weighted by Crippen LogP contribution is -2.45. The first-order valence-corrected chi connectivity index (χ1v) is 12.3. The van der Waals surface area contributed by atoms with Gasteiger partial charge in [0.15, 0.2) is 0 Å². The van der Waals surface area contributed by atoms with Gasteiger partial charge in [-0.25, -0.2) is 0 Å². The number of rotatable bonds is 6. The van der Waals surface area contributed by atoms with Crippen LogP contribution in [-0.4, -0.2) is 41.1 Å². The van der Waals surface area contributed by atoms with Crippen molar-refractivity contribution in [3.05, 3.63) is 79.4 Å². The van der Waals surface area contributed by atoms with E-state index >= 15 is 0 Å². The second kappa shape index (κ2) is 9.74. The van der Waals surface area contributed by atoms with Crippen LogP contribution in [0.1, 0.15) is 34.0 Å². The van der Waals surface area contributed by atoms with Crippen LogP contribution in [0, 0.1) is 6.92 Å². The molecule has 4 nitrogen and oxygen atoms in total. The number of methoxy groups -OCH3 is 1. The fourth-order valence-electron chi connectivity index (χ4n) is 4.44. The van der Waals surface area contributed by atoms with Crippen LogP contribution >= 0.6 is 46.6 Å². The zero-order valence-electron chi connectivity index (χ0n) is 17.6. The number of halogens is 3. The van der Waals surface area contributed by atoms with Gasteiger partial charge in [-0.05, 0) is 42.9 Å². The van der Waals surface area contributed by atoms with Gasteiger partial charge in [0.2, 0.25) is 0 Å². The molecular weight excluding hydrogens is 473 g/mol. The summed E-state index contributed by atoms with van der Waals surface area (Å²) in [6, 6.07) is 12.0. The second-order valence-electron chi connectivity index (χ2n) is 7.71. The Morgan fingerprint density at radius 2 is 1.84 bits per heavy atom. The van der Waals surface area contributed by atoms with E-state index in [1.54, 1.807) is 31.0 Å². The molecule has 1 aliphatic heterocycles. The molecular formula is C23H24Cl3N3OS. The molecule has 31 heavy (non-hydrogen) atoms. The van der Waals surface area contributed by atoms with E-state index in [0.717, 1.165) is 34.8 Å². The Morgan fingerprint density at radius 3 is 2.48 bits per heavy atom. The number of ether oxygens (including phenoxy) is 1. The normalized spacial score (nSPS) is 17.5. The molecule has 0 bridgehead atoms. The molecule has 164 valence electrons. The standard InChI is InChI=1S/C23H24Cl3N3OS/c1-13-20(23(31-3)28-27-13)22(21-18(25)9-16(24)10-19(21)26)29-11-15-7-5-4-6-14(15)8-17(29)12-30-2/h4-7,9-10,17,22H,8,11-12H2,1-3H3,(H,27,28)/t17-,22?/m1/s1. The third-order valence-electron chi connectivity index (χ3n) is 5.83. The number of H-pyrrole nitrogens is 1. The number of hydrogen-bond acceptors (Lipinski definition) is 4. The highest BCUT2D eigenvalue weighted by molar-refractivity contribution is 7.98. The van der Waals surface area contributed by atoms with E-state index in [1.165, 1.54) is 11.1 Å². The Labute approximate surface area is 202 Å². The van der Waals surface area contributed by atoms with E-state index < -0.39 is 0 Å². The minimum Gasteiger partial charge on any atom is -0.383 e. The van der Waals surface area contributed by atoms with E-state index in [1.807, 2.05) is 13.2 Å². The van der Waals surface area contributed by atoms with Crippen LogP contribution in [0.15, 0.2) is 41.4 Å². The molecule has 1 N–H and O–H groups in total. The highest BCUT2D eigenvalue weighted by atomic mass is 35.5. The van der Waals surface area contributed by atoms with Crippen LogP contribution in [0.4, 0.5) is 0 Å². The Hall–Kier alpha value is -1.21. The molecule has 0 radical (unpaired) electrons. The van der Waals surface area contributed by atoms with E-state index in [2.05, 4.69) is 39.4 Å². The number of thioether (sulfide) groups is 1. The van der Waals surface area contributed by atoms with Crippen molar-refractivity contribution < 1.29 is 4.74 Å². The highest BCUT2D eigenvalue weighted by Gasteiger charge is 2.38. The molecule has 2 atom stereocenters. The molecule has 4 rings (SSSR count). The number of aromatic amines is 1. The maximum absolute atomic E-state index is 6.77. The van der Waals surface area contributed by atoms with Crippen molar-refractivity contribution in [2.75, 3.05) is 20.0 Å². The Bertz CT molecular complexity index is 1060. The Kier molecular flexibility index (Phi) is 7.21. The summed E-state index contributed by atoms with van der Waals surface area (Å²) in [6.07, 6.45) is 2.91. The number of aryl methyl sites for hydroxylation is 1. The van der Waals surface area contributed by atoms with Crippen molar-refractivity contribution >= 4 is 46.6 Å². The van der Waals surface area contributed by atoms with Gasteiger partial charge in [-0.3, -0.25) is 10.00 Å². The van der Waals surface area contributed by atoms with Crippen molar-refractivity contribution in [2.45, 2.75) is 37.0 Å². The molecule has 2 heterocycles. The minimum atomic E-state index is -0.202. The lowest BCUT2D eigenvalue weighted by molar-refractivity contribution is 0.0563. The summed E-state index contributed by atoms with van der Waals surface area (Å²) in [5.74, 6) is 0. The first-order chi connectivity index (χ1) is 14.9. The van der Waals surface area contributed by atoms with Crippen molar-refractivity contribution in [2.24, 2.45) is 0 Å². The average Bonchev–Trinajstić information content (AvgIpc) is 3.10. The van der Waals surface area contributed by atoms with Crippen molar-refractivity contribution in [1.29, 1.82) is 0 Å². The van der Waals surface area contributed by atoms with Gasteiger partial charge >= 0.3 is 0 Å². The van der Waals surface area contributed by atoms with Crippen LogP contribution in [0.2, 0.25) is 15.1 Å². The number of nitrogens with zero attached hydrogens (tertiary/aromatic N) is 2. The molecule has 0 saturated heterocycles. The molecule has 8 heteroatoms. The number of benzene rings is 2. The third-order valence-corrected chi connectivity index (χ3v) is 7.37. The van der Waals surface area contributed by atoms with Gasteiger partial charge in [-0.1, -0.05) is 59.1 Å². The molecule has 1 aromatic heterocycles. The number of hydrogen-bond donors (Lipinski definition) is 1. The summed E-state index contributed by atoms with van der Waals surface area (Å²) >= 11 is 21.4. The van der Waals surface area contributed by atoms with Crippen molar-refractivity contribution in [1.82, 2.24) is 15.1 Å². The average molecular weight is 497 g/mol. The van der Waals surface area contributed by atoms with Gasteiger partial charge in [0.05, 0.1) is 12.6 Å². The smallest absolute Gasteiger partial charge is 0.123 e. The number of fused-ring (bicyclic) bond motifs is 1. The zero-order valence-corrected chi connectivity index (χ0v) is 20.7. The van der Waals surface area contributed by atoms with Crippen LogP contribution in [-0.2, 0) is 17.7 Å². The Balaban J connectivity index is 1.93. The first kappa shape index (κ1) is 23.0. The minimum absolute atomic E-state index is 0.150. The highest BCUT2D eigenvalue weighted by Crippen LogP contribution is 2.45. The van der Waals surface area contributed by atoms with Gasteiger partial charge in [-0.2, -0.15) is 5.10 Å². The molecule has 3 aromatic rings. The topological polar surface area (TPSA) is 41.1 Å². The summed E-state index contributed by atoms with van der Waals surface area (Å²) in [4.78, 5) is 2.43. The predicted molar refractivity (Wildman–Crippen MR) is 130 cm³/mol. The predicted octanol–water partition coefficient (Wildman–Crippen LogP) is 6.56. The van der Waals surface area contributed by atoms with Crippen LogP contribution in [0.5, 0.6) is 0 Å². The largest absolute Gasteiger partial charge is 0.383 e.